The number of hydrogen-bond donors (Lipinski definition) is 0. The Kier molecular flexibility index (Phi) is 8.12. The standard InChI is InChI=1S/C54H33OPS3/c55-56(40-11-3-1-4-12-40,41-13-5-2-6-14-41)42-15-9-10-34(28-42)35-18-24-51-45(30-35)46-32-38(21-26-52(46)58-51)39-22-27-54-48(33-39)47-31-37(20-25-53(47)59-54)36-19-23-50-44(29-36)43-16-7-8-17-49(43)57-50/h1-33H. The van der Waals surface area contributed by atoms with Crippen LogP contribution in [0.25, 0.3) is 93.9 Å². The molecule has 0 amide bonds. The molecule has 12 rings (SSSR count). The minimum absolute atomic E-state index is 0.838. The number of benzene rings is 9. The molecule has 1 nitrogen and oxygen atoms in total. The molecule has 0 aliphatic heterocycles. The summed E-state index contributed by atoms with van der Waals surface area (Å²) in [6.45, 7) is 0. The summed E-state index contributed by atoms with van der Waals surface area (Å²) in [5.41, 5.74) is 7.10. The van der Waals surface area contributed by atoms with Gasteiger partial charge in [-0.1, -0.05) is 127 Å². The summed E-state index contributed by atoms with van der Waals surface area (Å²) in [5.74, 6) is 0. The van der Waals surface area contributed by atoms with E-state index >= 15 is 4.57 Å². The number of rotatable bonds is 6. The van der Waals surface area contributed by atoms with Gasteiger partial charge in [0, 0.05) is 76.4 Å². The van der Waals surface area contributed by atoms with Gasteiger partial charge in [-0.25, -0.2) is 0 Å². The highest BCUT2D eigenvalue weighted by Gasteiger charge is 2.29. The first-order valence-corrected chi connectivity index (χ1v) is 23.9. The highest BCUT2D eigenvalue weighted by Crippen LogP contribution is 2.45. The summed E-state index contributed by atoms with van der Waals surface area (Å²) in [6, 6.07) is 71.4. The predicted octanol–water partition coefficient (Wildman–Crippen LogP) is 15.4. The van der Waals surface area contributed by atoms with Gasteiger partial charge in [0.05, 0.1) is 0 Å². The van der Waals surface area contributed by atoms with Crippen LogP contribution in [-0.4, -0.2) is 0 Å². The van der Waals surface area contributed by atoms with Crippen LogP contribution in [0.15, 0.2) is 200 Å². The molecule has 0 bridgehead atoms. The minimum atomic E-state index is -3.10. The number of fused-ring (bicyclic) bond motifs is 9. The fourth-order valence-electron chi connectivity index (χ4n) is 8.78. The normalized spacial score (nSPS) is 12.1. The van der Waals surface area contributed by atoms with Crippen molar-refractivity contribution in [3.05, 3.63) is 200 Å². The summed E-state index contributed by atoms with van der Waals surface area (Å²) in [7, 11) is -3.10. The van der Waals surface area contributed by atoms with E-state index in [1.807, 2.05) is 101 Å². The molecule has 3 heterocycles. The summed E-state index contributed by atoms with van der Waals surface area (Å²) >= 11 is 5.57. The molecule has 0 fully saturated rings. The molecule has 0 saturated heterocycles. The van der Waals surface area contributed by atoms with Crippen molar-refractivity contribution in [2.45, 2.75) is 0 Å². The van der Waals surface area contributed by atoms with Crippen molar-refractivity contribution < 1.29 is 4.57 Å². The van der Waals surface area contributed by atoms with Gasteiger partial charge in [-0.3, -0.25) is 0 Å². The molecule has 3 aromatic heterocycles. The lowest BCUT2D eigenvalue weighted by molar-refractivity contribution is 0.592. The van der Waals surface area contributed by atoms with Gasteiger partial charge in [0.2, 0.25) is 0 Å². The molecular weight excluding hydrogens is 792 g/mol. The van der Waals surface area contributed by atoms with E-state index < -0.39 is 7.14 Å². The van der Waals surface area contributed by atoms with E-state index in [0.29, 0.717) is 0 Å². The summed E-state index contributed by atoms with van der Waals surface area (Å²) < 4.78 is 23.0. The van der Waals surface area contributed by atoms with Crippen molar-refractivity contribution in [1.82, 2.24) is 0 Å². The number of hydrogen-bond acceptors (Lipinski definition) is 4. The van der Waals surface area contributed by atoms with Crippen LogP contribution < -0.4 is 15.9 Å². The van der Waals surface area contributed by atoms with Crippen LogP contribution in [0.3, 0.4) is 0 Å². The number of thiophene rings is 3. The van der Waals surface area contributed by atoms with Crippen molar-refractivity contribution in [3.63, 3.8) is 0 Å². The highest BCUT2D eigenvalue weighted by molar-refractivity contribution is 7.85. The Hall–Kier alpha value is -6.13. The molecular formula is C54H33OPS3. The fourth-order valence-corrected chi connectivity index (χ4v) is 14.7. The SMILES string of the molecule is O=P(c1ccccc1)(c1ccccc1)c1cccc(-c2ccc3sc4ccc(-c5ccc6sc7ccc(-c8ccc9sc%10ccccc%10c9c8)cc7c6c5)cc4c3c2)c1. The molecule has 12 aromatic rings. The molecule has 0 N–H and O–H groups in total. The van der Waals surface area contributed by atoms with Crippen molar-refractivity contribution in [2.75, 3.05) is 0 Å². The lowest BCUT2D eigenvalue weighted by Crippen LogP contribution is -2.25. The Bertz CT molecular complexity index is 3610. The van der Waals surface area contributed by atoms with Gasteiger partial charge in [0.1, 0.15) is 0 Å². The van der Waals surface area contributed by atoms with Crippen molar-refractivity contribution >= 4 is 118 Å². The zero-order valence-corrected chi connectivity index (χ0v) is 35.0. The van der Waals surface area contributed by atoms with Gasteiger partial charge in [-0.15, -0.1) is 34.0 Å². The smallest absolute Gasteiger partial charge is 0.171 e. The largest absolute Gasteiger partial charge is 0.309 e. The van der Waals surface area contributed by atoms with Crippen molar-refractivity contribution in [1.29, 1.82) is 0 Å². The maximum atomic E-state index is 15.2. The molecule has 0 saturated carbocycles. The summed E-state index contributed by atoms with van der Waals surface area (Å²) in [6.07, 6.45) is 0. The van der Waals surface area contributed by atoms with Crippen LogP contribution in [0.1, 0.15) is 0 Å². The van der Waals surface area contributed by atoms with Crippen LogP contribution in [0.2, 0.25) is 0 Å². The Balaban J connectivity index is 0.931. The maximum absolute atomic E-state index is 15.2. The quantitative estimate of drug-likeness (QED) is 0.153. The Morgan fingerprint density at radius 2 is 0.576 bits per heavy atom. The zero-order chi connectivity index (χ0) is 39.1. The predicted molar refractivity (Wildman–Crippen MR) is 261 cm³/mol. The van der Waals surface area contributed by atoms with Crippen LogP contribution in [-0.2, 0) is 4.57 Å². The molecule has 59 heavy (non-hydrogen) atoms. The van der Waals surface area contributed by atoms with E-state index in [1.165, 1.54) is 82.8 Å². The highest BCUT2D eigenvalue weighted by atomic mass is 32.1. The lowest BCUT2D eigenvalue weighted by atomic mass is 9.98. The van der Waals surface area contributed by atoms with Crippen molar-refractivity contribution in [2.24, 2.45) is 0 Å². The first kappa shape index (κ1) is 34.9. The lowest BCUT2D eigenvalue weighted by Gasteiger charge is -2.20. The molecule has 0 aliphatic rings. The Labute approximate surface area is 353 Å². The molecule has 0 radical (unpaired) electrons. The van der Waals surface area contributed by atoms with Gasteiger partial charge in [0.25, 0.3) is 0 Å². The fraction of sp³-hybridized carbons (Fsp3) is 0. The van der Waals surface area contributed by atoms with Gasteiger partial charge in [0.15, 0.2) is 7.14 Å². The average Bonchev–Trinajstić information content (AvgIpc) is 3.99. The van der Waals surface area contributed by atoms with E-state index in [1.54, 1.807) is 0 Å². The van der Waals surface area contributed by atoms with E-state index in [9.17, 15) is 0 Å². The average molecular weight is 825 g/mol. The Morgan fingerprint density at radius 3 is 1.00 bits per heavy atom. The minimum Gasteiger partial charge on any atom is -0.309 e. The third-order valence-corrected chi connectivity index (χ3v) is 18.3. The second kappa shape index (κ2) is 13.7. The summed E-state index contributed by atoms with van der Waals surface area (Å²) in [5, 5.41) is 10.3. The van der Waals surface area contributed by atoms with Gasteiger partial charge < -0.3 is 4.57 Å². The first-order valence-electron chi connectivity index (χ1n) is 19.7. The van der Waals surface area contributed by atoms with E-state index in [2.05, 4.69) is 133 Å². The monoisotopic (exact) mass is 824 g/mol. The first-order chi connectivity index (χ1) is 29.1. The van der Waals surface area contributed by atoms with Crippen LogP contribution in [0.4, 0.5) is 0 Å². The molecule has 0 spiro atoms. The molecule has 278 valence electrons. The molecule has 0 atom stereocenters. The molecule has 0 aliphatic carbocycles. The summed E-state index contributed by atoms with van der Waals surface area (Å²) in [4.78, 5) is 0. The van der Waals surface area contributed by atoms with E-state index in [-0.39, 0.29) is 0 Å². The van der Waals surface area contributed by atoms with Crippen molar-refractivity contribution in [3.8, 4) is 33.4 Å². The second-order valence-corrected chi connectivity index (χ2v) is 21.2. The van der Waals surface area contributed by atoms with Crippen LogP contribution >= 0.6 is 41.2 Å². The van der Waals surface area contributed by atoms with Crippen LogP contribution in [0.5, 0.6) is 0 Å². The third-order valence-electron chi connectivity index (χ3n) is 11.8. The zero-order valence-electron chi connectivity index (χ0n) is 31.6. The topological polar surface area (TPSA) is 17.1 Å². The third kappa shape index (κ3) is 5.74. The van der Waals surface area contributed by atoms with Crippen LogP contribution in [0, 0.1) is 0 Å². The Morgan fingerprint density at radius 1 is 0.254 bits per heavy atom. The molecule has 5 heteroatoms. The second-order valence-electron chi connectivity index (χ2n) is 15.2. The van der Waals surface area contributed by atoms with Gasteiger partial charge >= 0.3 is 0 Å². The molecule has 0 unspecified atom stereocenters. The molecule has 9 aromatic carbocycles. The maximum Gasteiger partial charge on any atom is 0.171 e. The van der Waals surface area contributed by atoms with Gasteiger partial charge in [-0.2, -0.15) is 0 Å². The van der Waals surface area contributed by atoms with E-state index in [4.69, 9.17) is 0 Å². The van der Waals surface area contributed by atoms with E-state index in [0.717, 1.165) is 27.0 Å². The van der Waals surface area contributed by atoms with Gasteiger partial charge in [-0.05, 0) is 106 Å².